The molecule has 1 aliphatic heterocycles. The normalized spacial score (nSPS) is 16.6. The van der Waals surface area contributed by atoms with Crippen molar-refractivity contribution >= 4 is 38.6 Å². The lowest BCUT2D eigenvalue weighted by Crippen LogP contribution is -2.49. The van der Waals surface area contributed by atoms with Crippen LogP contribution >= 0.6 is 15.9 Å². The highest BCUT2D eigenvalue weighted by Gasteiger charge is 2.20. The summed E-state index contributed by atoms with van der Waals surface area (Å²) in [5, 5.41) is 8.83. The molecule has 1 unspecified atom stereocenters. The number of hydrogen-bond acceptors (Lipinski definition) is 7. The molecule has 0 saturated carbocycles. The van der Waals surface area contributed by atoms with Crippen molar-refractivity contribution < 1.29 is 0 Å². The van der Waals surface area contributed by atoms with Gasteiger partial charge in [-0.2, -0.15) is 5.10 Å². The van der Waals surface area contributed by atoms with Gasteiger partial charge in [-0.3, -0.25) is 4.90 Å². The number of hydrogen-bond donors (Lipinski definition) is 1. The molecule has 1 fully saturated rings. The maximum Gasteiger partial charge on any atom is 0.164 e. The quantitative estimate of drug-likeness (QED) is 0.664. The molecule has 1 saturated heterocycles. The van der Waals surface area contributed by atoms with Gasteiger partial charge in [0.1, 0.15) is 22.6 Å². The van der Waals surface area contributed by atoms with E-state index in [0.717, 1.165) is 60.0 Å². The van der Waals surface area contributed by atoms with Gasteiger partial charge in [0.2, 0.25) is 0 Å². The Morgan fingerprint density at radius 2 is 1.96 bits per heavy atom. The van der Waals surface area contributed by atoms with Crippen LogP contribution in [0, 0.1) is 0 Å². The fraction of sp³-hybridized carbons (Fsp3) is 0.444. The molecule has 0 aromatic carbocycles. The van der Waals surface area contributed by atoms with E-state index in [9.17, 15) is 0 Å². The van der Waals surface area contributed by atoms with E-state index in [-0.39, 0.29) is 6.04 Å². The highest BCUT2D eigenvalue weighted by molar-refractivity contribution is 9.10. The second-order valence-corrected chi connectivity index (χ2v) is 7.61. The zero-order valence-electron chi connectivity index (χ0n) is 15.5. The molecular formula is C18H23BrN8. The van der Waals surface area contributed by atoms with E-state index in [0.29, 0.717) is 0 Å². The SMILES string of the molecule is CC(CN1CCN(c2ccccn2)CC1)Nc1ncnc2c1c(Br)nn2C. The van der Waals surface area contributed by atoms with E-state index in [1.807, 2.05) is 25.4 Å². The average Bonchev–Trinajstić information content (AvgIpc) is 2.98. The minimum absolute atomic E-state index is 0.261. The van der Waals surface area contributed by atoms with Gasteiger partial charge < -0.3 is 10.2 Å². The summed E-state index contributed by atoms with van der Waals surface area (Å²) < 4.78 is 2.52. The number of aryl methyl sites for hydroxylation is 1. The van der Waals surface area contributed by atoms with Crippen LogP contribution in [0.15, 0.2) is 35.3 Å². The first-order chi connectivity index (χ1) is 13.1. The van der Waals surface area contributed by atoms with Crippen LogP contribution in [0.3, 0.4) is 0 Å². The van der Waals surface area contributed by atoms with Crippen molar-refractivity contribution in [2.24, 2.45) is 7.05 Å². The number of anilines is 2. The second-order valence-electron chi connectivity index (χ2n) is 6.86. The van der Waals surface area contributed by atoms with Crippen molar-refractivity contribution in [2.75, 3.05) is 42.9 Å². The van der Waals surface area contributed by atoms with Crippen LogP contribution in [0.4, 0.5) is 11.6 Å². The Bertz CT molecular complexity index is 904. The third-order valence-corrected chi connectivity index (χ3v) is 5.39. The van der Waals surface area contributed by atoms with Crippen molar-refractivity contribution in [1.82, 2.24) is 29.6 Å². The Morgan fingerprint density at radius 3 is 2.70 bits per heavy atom. The number of piperazine rings is 1. The van der Waals surface area contributed by atoms with Gasteiger partial charge in [0.15, 0.2) is 5.65 Å². The highest BCUT2D eigenvalue weighted by Crippen LogP contribution is 2.27. The van der Waals surface area contributed by atoms with Crippen LogP contribution in [0.25, 0.3) is 11.0 Å². The fourth-order valence-corrected chi connectivity index (χ4v) is 4.12. The lowest BCUT2D eigenvalue weighted by Gasteiger charge is -2.36. The Balaban J connectivity index is 1.36. The molecule has 1 atom stereocenters. The average molecular weight is 431 g/mol. The molecule has 4 heterocycles. The first-order valence-corrected chi connectivity index (χ1v) is 9.89. The molecular weight excluding hydrogens is 408 g/mol. The van der Waals surface area contributed by atoms with Crippen LogP contribution in [0.5, 0.6) is 0 Å². The lowest BCUT2D eigenvalue weighted by molar-refractivity contribution is 0.250. The minimum atomic E-state index is 0.261. The highest BCUT2D eigenvalue weighted by atomic mass is 79.9. The number of nitrogens with one attached hydrogen (secondary N) is 1. The summed E-state index contributed by atoms with van der Waals surface area (Å²) in [6.07, 6.45) is 3.43. The van der Waals surface area contributed by atoms with Crippen molar-refractivity contribution in [3.8, 4) is 0 Å². The summed E-state index contributed by atoms with van der Waals surface area (Å²) in [5.41, 5.74) is 0.815. The Hall–Kier alpha value is -2.26. The van der Waals surface area contributed by atoms with Crippen LogP contribution in [-0.4, -0.2) is 68.4 Å². The largest absolute Gasteiger partial charge is 0.366 e. The summed E-state index contributed by atoms with van der Waals surface area (Å²) in [4.78, 5) is 18.0. The number of nitrogens with zero attached hydrogens (tertiary/aromatic N) is 7. The molecule has 0 amide bonds. The number of fused-ring (bicyclic) bond motifs is 1. The van der Waals surface area contributed by atoms with Crippen molar-refractivity contribution in [3.63, 3.8) is 0 Å². The maximum absolute atomic E-state index is 4.45. The lowest BCUT2D eigenvalue weighted by atomic mass is 10.2. The molecule has 3 aromatic heterocycles. The predicted molar refractivity (Wildman–Crippen MR) is 110 cm³/mol. The zero-order valence-corrected chi connectivity index (χ0v) is 17.1. The summed E-state index contributed by atoms with van der Waals surface area (Å²) >= 11 is 3.51. The smallest absolute Gasteiger partial charge is 0.164 e. The monoisotopic (exact) mass is 430 g/mol. The van der Waals surface area contributed by atoms with Gasteiger partial charge in [0.05, 0.1) is 5.39 Å². The standard InChI is InChI=1S/C18H23BrN8/c1-13(23-17-15-16(19)24-25(2)18(15)22-12-21-17)11-26-7-9-27(10-8-26)14-5-3-4-6-20-14/h3-6,12-13H,7-11H2,1-2H3,(H,21,22,23). The van der Waals surface area contributed by atoms with E-state index in [1.165, 1.54) is 0 Å². The molecule has 0 spiro atoms. The maximum atomic E-state index is 4.45. The summed E-state index contributed by atoms with van der Waals surface area (Å²) in [7, 11) is 1.88. The minimum Gasteiger partial charge on any atom is -0.366 e. The van der Waals surface area contributed by atoms with Gasteiger partial charge in [-0.1, -0.05) is 6.07 Å². The Labute approximate surface area is 166 Å². The van der Waals surface area contributed by atoms with Crippen LogP contribution in [-0.2, 0) is 7.05 Å². The van der Waals surface area contributed by atoms with E-state index >= 15 is 0 Å². The van der Waals surface area contributed by atoms with Gasteiger partial charge in [0, 0.05) is 52.0 Å². The van der Waals surface area contributed by atoms with E-state index in [4.69, 9.17) is 0 Å². The number of rotatable bonds is 5. The fourth-order valence-electron chi connectivity index (χ4n) is 3.52. The molecule has 4 rings (SSSR count). The number of aromatic nitrogens is 5. The van der Waals surface area contributed by atoms with E-state index in [1.54, 1.807) is 11.0 Å². The zero-order chi connectivity index (χ0) is 18.8. The molecule has 8 nitrogen and oxygen atoms in total. The number of halogens is 1. The molecule has 1 N–H and O–H groups in total. The van der Waals surface area contributed by atoms with Gasteiger partial charge in [-0.05, 0) is 35.0 Å². The summed E-state index contributed by atoms with van der Waals surface area (Å²) in [6.45, 7) is 7.19. The summed E-state index contributed by atoms with van der Waals surface area (Å²) in [5.74, 6) is 1.88. The topological polar surface area (TPSA) is 75.0 Å². The van der Waals surface area contributed by atoms with Crippen molar-refractivity contribution in [2.45, 2.75) is 13.0 Å². The second kappa shape index (κ2) is 7.77. The van der Waals surface area contributed by atoms with E-state index < -0.39 is 0 Å². The van der Waals surface area contributed by atoms with E-state index in [2.05, 4.69) is 64.1 Å². The Kier molecular flexibility index (Phi) is 5.22. The molecule has 142 valence electrons. The van der Waals surface area contributed by atoms with Gasteiger partial charge in [-0.25, -0.2) is 19.6 Å². The van der Waals surface area contributed by atoms with Gasteiger partial charge >= 0.3 is 0 Å². The molecule has 1 aliphatic rings. The first-order valence-electron chi connectivity index (χ1n) is 9.10. The Morgan fingerprint density at radius 1 is 1.15 bits per heavy atom. The predicted octanol–water partition coefficient (Wildman–Crippen LogP) is 2.14. The van der Waals surface area contributed by atoms with Gasteiger partial charge in [0.25, 0.3) is 0 Å². The third kappa shape index (κ3) is 3.89. The van der Waals surface area contributed by atoms with Gasteiger partial charge in [-0.15, -0.1) is 0 Å². The molecule has 9 heteroatoms. The molecule has 0 radical (unpaired) electrons. The van der Waals surface area contributed by atoms with Crippen molar-refractivity contribution in [1.29, 1.82) is 0 Å². The van der Waals surface area contributed by atoms with Crippen LogP contribution < -0.4 is 10.2 Å². The first kappa shape index (κ1) is 18.1. The van der Waals surface area contributed by atoms with Crippen LogP contribution in [0.2, 0.25) is 0 Å². The third-order valence-electron chi connectivity index (χ3n) is 4.84. The molecule has 0 bridgehead atoms. The van der Waals surface area contributed by atoms with Crippen molar-refractivity contribution in [3.05, 3.63) is 35.3 Å². The van der Waals surface area contributed by atoms with Crippen LogP contribution in [0.1, 0.15) is 6.92 Å². The number of pyridine rings is 1. The molecule has 27 heavy (non-hydrogen) atoms. The molecule has 0 aliphatic carbocycles. The molecule has 3 aromatic rings. The summed E-state index contributed by atoms with van der Waals surface area (Å²) in [6, 6.07) is 6.33.